The molecule has 4 nitrogen and oxygen atoms in total. The minimum atomic E-state index is -1.96. The van der Waals surface area contributed by atoms with Crippen molar-refractivity contribution in [2.75, 3.05) is 4.90 Å². The first kappa shape index (κ1) is 19.3. The van der Waals surface area contributed by atoms with Crippen molar-refractivity contribution in [1.82, 2.24) is 0 Å². The van der Waals surface area contributed by atoms with Gasteiger partial charge in [0.2, 0.25) is 0 Å². The van der Waals surface area contributed by atoms with E-state index < -0.39 is 11.5 Å². The Morgan fingerprint density at radius 3 is 2.34 bits per heavy atom. The van der Waals surface area contributed by atoms with E-state index in [1.807, 2.05) is 0 Å². The van der Waals surface area contributed by atoms with Crippen LogP contribution in [0.15, 0.2) is 72.8 Å². The van der Waals surface area contributed by atoms with Crippen LogP contribution in [0.3, 0.4) is 0 Å². The number of fused-ring (bicyclic) bond motifs is 1. The molecule has 0 bridgehead atoms. The molecule has 1 heterocycles. The van der Waals surface area contributed by atoms with E-state index in [0.29, 0.717) is 27.4 Å². The van der Waals surface area contributed by atoms with Gasteiger partial charge in [-0.15, -0.1) is 0 Å². The number of carbonyl (C=O) groups is 2. The van der Waals surface area contributed by atoms with Crippen LogP contribution in [-0.2, 0) is 16.9 Å². The Bertz CT molecular complexity index is 1080. The number of Topliss-reactive ketones (excluding diaryl/α,β-unsaturated/α-hetero) is 1. The summed E-state index contributed by atoms with van der Waals surface area (Å²) in [6.07, 6.45) is -0.385. The molecule has 0 saturated carbocycles. The number of para-hydroxylation sites is 1. The largest absolute Gasteiger partial charge is 0.375 e. The first-order chi connectivity index (χ1) is 13.9. The van der Waals surface area contributed by atoms with Crippen molar-refractivity contribution in [3.63, 3.8) is 0 Å². The molecule has 0 fully saturated rings. The fourth-order valence-electron chi connectivity index (χ4n) is 3.58. The number of hydrogen-bond acceptors (Lipinski definition) is 3. The molecule has 146 valence electrons. The van der Waals surface area contributed by atoms with Gasteiger partial charge in [-0.1, -0.05) is 41.9 Å². The lowest BCUT2D eigenvalue weighted by atomic mass is 9.88. The molecular formula is C23H17ClFNO3. The highest BCUT2D eigenvalue weighted by Gasteiger charge is 2.50. The van der Waals surface area contributed by atoms with Gasteiger partial charge >= 0.3 is 0 Å². The van der Waals surface area contributed by atoms with Crippen molar-refractivity contribution in [3.8, 4) is 0 Å². The third-order valence-corrected chi connectivity index (χ3v) is 5.33. The van der Waals surface area contributed by atoms with E-state index in [1.54, 1.807) is 60.7 Å². The van der Waals surface area contributed by atoms with E-state index in [2.05, 4.69) is 0 Å². The van der Waals surface area contributed by atoms with E-state index in [-0.39, 0.29) is 24.6 Å². The maximum atomic E-state index is 13.2. The molecule has 4 rings (SSSR count). The Kier molecular flexibility index (Phi) is 4.94. The lowest BCUT2D eigenvalue weighted by molar-refractivity contribution is -0.136. The van der Waals surface area contributed by atoms with Gasteiger partial charge in [0.1, 0.15) is 5.82 Å². The molecule has 1 amide bonds. The third kappa shape index (κ3) is 3.55. The number of ketones is 1. The number of anilines is 1. The second-order valence-electron chi connectivity index (χ2n) is 7.00. The van der Waals surface area contributed by atoms with Gasteiger partial charge in [-0.25, -0.2) is 4.39 Å². The Hall–Kier alpha value is -3.02. The van der Waals surface area contributed by atoms with Crippen molar-refractivity contribution >= 4 is 29.0 Å². The normalized spacial score (nSPS) is 18.0. The number of hydrogen-bond donors (Lipinski definition) is 1. The topological polar surface area (TPSA) is 57.6 Å². The predicted octanol–water partition coefficient (Wildman–Crippen LogP) is 4.49. The number of carbonyl (C=O) groups excluding carboxylic acids is 2. The van der Waals surface area contributed by atoms with Crippen LogP contribution in [0.4, 0.5) is 10.1 Å². The van der Waals surface area contributed by atoms with E-state index in [4.69, 9.17) is 11.6 Å². The summed E-state index contributed by atoms with van der Waals surface area (Å²) < 4.78 is 13.2. The fourth-order valence-corrected chi connectivity index (χ4v) is 3.70. The van der Waals surface area contributed by atoms with E-state index >= 15 is 0 Å². The van der Waals surface area contributed by atoms with Crippen LogP contribution in [0.1, 0.15) is 27.9 Å². The maximum Gasteiger partial charge on any atom is 0.264 e. The Morgan fingerprint density at radius 1 is 1.00 bits per heavy atom. The molecule has 0 radical (unpaired) electrons. The number of aliphatic hydroxyl groups is 1. The number of nitrogens with zero attached hydrogens (tertiary/aromatic N) is 1. The zero-order chi connectivity index (χ0) is 20.6. The summed E-state index contributed by atoms with van der Waals surface area (Å²) in [6.45, 7) is 0.160. The van der Waals surface area contributed by atoms with Crippen molar-refractivity contribution < 1.29 is 19.1 Å². The van der Waals surface area contributed by atoms with E-state index in [0.717, 1.165) is 0 Å². The molecule has 0 saturated heterocycles. The average Bonchev–Trinajstić information content (AvgIpc) is 2.92. The molecule has 1 aliphatic rings. The third-order valence-electron chi connectivity index (χ3n) is 5.08. The highest BCUT2D eigenvalue weighted by atomic mass is 35.5. The lowest BCUT2D eigenvalue weighted by Gasteiger charge is -2.23. The minimum Gasteiger partial charge on any atom is -0.375 e. The van der Waals surface area contributed by atoms with Gasteiger partial charge in [0.25, 0.3) is 5.91 Å². The SMILES string of the molecule is O=C(CC1(O)C(=O)N(Cc2ccc(F)cc2)c2ccccc21)c1ccc(Cl)cc1. The number of amides is 1. The van der Waals surface area contributed by atoms with Crippen LogP contribution in [0.25, 0.3) is 0 Å². The van der Waals surface area contributed by atoms with Crippen molar-refractivity contribution in [1.29, 1.82) is 0 Å². The smallest absolute Gasteiger partial charge is 0.264 e. The lowest BCUT2D eigenvalue weighted by Crippen LogP contribution is -2.41. The van der Waals surface area contributed by atoms with Crippen LogP contribution in [0.5, 0.6) is 0 Å². The Labute approximate surface area is 172 Å². The van der Waals surface area contributed by atoms with Crippen LogP contribution in [-0.4, -0.2) is 16.8 Å². The summed E-state index contributed by atoms with van der Waals surface area (Å²) in [5.41, 5.74) is 0.0310. The molecule has 6 heteroatoms. The van der Waals surface area contributed by atoms with Gasteiger partial charge in [-0.3, -0.25) is 9.59 Å². The number of benzene rings is 3. The zero-order valence-electron chi connectivity index (χ0n) is 15.3. The molecule has 1 aliphatic heterocycles. The van der Waals surface area contributed by atoms with Gasteiger partial charge < -0.3 is 10.0 Å². The van der Waals surface area contributed by atoms with E-state index in [9.17, 15) is 19.1 Å². The highest BCUT2D eigenvalue weighted by molar-refractivity contribution is 6.30. The summed E-state index contributed by atoms with van der Waals surface area (Å²) >= 11 is 5.87. The fraction of sp³-hybridized carbons (Fsp3) is 0.130. The monoisotopic (exact) mass is 409 g/mol. The van der Waals surface area contributed by atoms with Gasteiger partial charge in [0.05, 0.1) is 18.7 Å². The molecular weight excluding hydrogens is 393 g/mol. The summed E-state index contributed by atoms with van der Waals surface area (Å²) in [6, 6.07) is 19.0. The maximum absolute atomic E-state index is 13.2. The molecule has 0 spiro atoms. The molecule has 1 N–H and O–H groups in total. The molecule has 0 aromatic heterocycles. The summed E-state index contributed by atoms with van der Waals surface area (Å²) in [4.78, 5) is 27.4. The zero-order valence-corrected chi connectivity index (χ0v) is 16.1. The minimum absolute atomic E-state index is 0.160. The van der Waals surface area contributed by atoms with Gasteiger partial charge in [-0.2, -0.15) is 0 Å². The average molecular weight is 410 g/mol. The Morgan fingerprint density at radius 2 is 1.66 bits per heavy atom. The standard InChI is InChI=1S/C23H17ClFNO3/c24-17-9-7-16(8-10-17)21(27)13-23(29)19-3-1-2-4-20(19)26(22(23)28)14-15-5-11-18(25)12-6-15/h1-12,29H,13-14H2. The first-order valence-corrected chi connectivity index (χ1v) is 9.43. The molecule has 3 aromatic rings. The van der Waals surface area contributed by atoms with Gasteiger partial charge in [0.15, 0.2) is 11.4 Å². The van der Waals surface area contributed by atoms with E-state index in [1.165, 1.54) is 17.0 Å². The van der Waals surface area contributed by atoms with Crippen LogP contribution in [0, 0.1) is 5.82 Å². The molecule has 1 unspecified atom stereocenters. The highest BCUT2D eigenvalue weighted by Crippen LogP contribution is 2.43. The predicted molar refractivity (Wildman–Crippen MR) is 108 cm³/mol. The molecule has 29 heavy (non-hydrogen) atoms. The van der Waals surface area contributed by atoms with Crippen molar-refractivity contribution in [2.45, 2.75) is 18.6 Å². The van der Waals surface area contributed by atoms with Crippen LogP contribution in [0.2, 0.25) is 5.02 Å². The number of halogens is 2. The molecule has 0 aliphatic carbocycles. The Balaban J connectivity index is 1.66. The summed E-state index contributed by atoms with van der Waals surface area (Å²) in [7, 11) is 0. The second-order valence-corrected chi connectivity index (χ2v) is 7.44. The molecule has 3 aromatic carbocycles. The molecule has 1 atom stereocenters. The van der Waals surface area contributed by atoms with Gasteiger partial charge in [0, 0.05) is 16.1 Å². The van der Waals surface area contributed by atoms with Gasteiger partial charge in [-0.05, 0) is 48.0 Å². The van der Waals surface area contributed by atoms with Crippen molar-refractivity contribution in [3.05, 3.63) is 100 Å². The summed E-state index contributed by atoms with van der Waals surface area (Å²) in [5.74, 6) is -1.31. The van der Waals surface area contributed by atoms with Crippen LogP contribution < -0.4 is 4.90 Å². The second kappa shape index (κ2) is 7.43. The summed E-state index contributed by atoms with van der Waals surface area (Å²) in [5, 5.41) is 11.8. The quantitative estimate of drug-likeness (QED) is 0.632. The van der Waals surface area contributed by atoms with Crippen molar-refractivity contribution in [2.24, 2.45) is 0 Å². The van der Waals surface area contributed by atoms with Crippen LogP contribution >= 0.6 is 11.6 Å². The number of rotatable bonds is 5. The first-order valence-electron chi connectivity index (χ1n) is 9.05.